The largest absolute Gasteiger partial charge is 0.480 e. The number of methoxy groups -OCH3 is 1. The molecule has 10 nitrogen and oxygen atoms in total. The van der Waals surface area contributed by atoms with Gasteiger partial charge in [0.15, 0.2) is 0 Å². The van der Waals surface area contributed by atoms with Crippen LogP contribution in [0.15, 0.2) is 53.6 Å². The standard InChI is InChI=1S/C28H26ClN7O3/c1-15(2)35-21(20-14-32-28(34(3)4)33-26(20)39-5)11-19-24(35)23(17-8-6-16(12-30)7-9-17)36(27(19)38)22-10-18(29)13-31-25(22)37/h6-11,13-15,23H,1-5H3,(H,31,37)/t23-/m1/s1. The number of ether oxygens (including phenoxy) is 1. The summed E-state index contributed by atoms with van der Waals surface area (Å²) < 4.78 is 7.68. The summed E-state index contributed by atoms with van der Waals surface area (Å²) in [7, 11) is 5.22. The van der Waals surface area contributed by atoms with Crippen molar-refractivity contribution in [2.75, 3.05) is 31.0 Å². The molecule has 11 heteroatoms. The SMILES string of the molecule is COc1nc(N(C)C)ncc1-c1cc2c(n1C(C)C)[C@@H](c1ccc(C#N)cc1)N(c1cc(Cl)c[nH]c1=O)C2=O. The number of nitrogens with one attached hydrogen (secondary N) is 1. The summed E-state index contributed by atoms with van der Waals surface area (Å²) in [5.41, 5.74) is 3.39. The molecule has 0 saturated carbocycles. The van der Waals surface area contributed by atoms with E-state index in [1.807, 2.05) is 32.5 Å². The molecule has 3 aromatic heterocycles. The van der Waals surface area contributed by atoms with Gasteiger partial charge in [0.25, 0.3) is 11.5 Å². The number of rotatable bonds is 6. The highest BCUT2D eigenvalue weighted by Gasteiger charge is 2.44. The van der Waals surface area contributed by atoms with Crippen LogP contribution in [0.5, 0.6) is 5.88 Å². The van der Waals surface area contributed by atoms with Crippen LogP contribution in [0.3, 0.4) is 0 Å². The van der Waals surface area contributed by atoms with Crippen molar-refractivity contribution in [1.82, 2.24) is 19.5 Å². The molecule has 1 amide bonds. The van der Waals surface area contributed by atoms with Crippen LogP contribution >= 0.6 is 11.6 Å². The zero-order valence-corrected chi connectivity index (χ0v) is 22.8. The van der Waals surface area contributed by atoms with E-state index in [0.717, 1.165) is 5.56 Å². The maximum absolute atomic E-state index is 14.1. The number of halogens is 1. The number of benzene rings is 1. The van der Waals surface area contributed by atoms with Gasteiger partial charge >= 0.3 is 0 Å². The molecule has 1 atom stereocenters. The molecule has 1 aliphatic rings. The number of fused-ring (bicyclic) bond motifs is 1. The van der Waals surface area contributed by atoms with Crippen LogP contribution in [-0.4, -0.2) is 46.6 Å². The smallest absolute Gasteiger partial charge is 0.272 e. The number of hydrogen-bond donors (Lipinski definition) is 1. The summed E-state index contributed by atoms with van der Waals surface area (Å²) in [5.74, 6) is 0.513. The molecular formula is C28H26ClN7O3. The molecule has 0 saturated heterocycles. The van der Waals surface area contributed by atoms with Crippen molar-refractivity contribution < 1.29 is 9.53 Å². The van der Waals surface area contributed by atoms with Gasteiger partial charge in [0, 0.05) is 32.5 Å². The van der Waals surface area contributed by atoms with Crippen molar-refractivity contribution >= 4 is 29.1 Å². The second-order valence-corrected chi connectivity index (χ2v) is 10.1. The molecule has 4 aromatic rings. The van der Waals surface area contributed by atoms with Crippen molar-refractivity contribution in [1.29, 1.82) is 5.26 Å². The summed E-state index contributed by atoms with van der Waals surface area (Å²) in [6.45, 7) is 4.03. The predicted octanol–water partition coefficient (Wildman–Crippen LogP) is 4.56. The van der Waals surface area contributed by atoms with E-state index in [4.69, 9.17) is 16.3 Å². The van der Waals surface area contributed by atoms with E-state index >= 15 is 0 Å². The van der Waals surface area contributed by atoms with E-state index in [2.05, 4.69) is 21.0 Å². The Labute approximate surface area is 230 Å². The van der Waals surface area contributed by atoms with Crippen LogP contribution in [0.25, 0.3) is 11.3 Å². The summed E-state index contributed by atoms with van der Waals surface area (Å²) in [4.78, 5) is 41.9. The maximum atomic E-state index is 14.1. The number of carbonyl (C=O) groups is 1. The number of nitriles is 1. The lowest BCUT2D eigenvalue weighted by molar-refractivity contribution is 0.0993. The van der Waals surface area contributed by atoms with E-state index in [1.165, 1.54) is 17.2 Å². The van der Waals surface area contributed by atoms with E-state index in [1.54, 1.807) is 48.5 Å². The molecule has 1 aliphatic heterocycles. The van der Waals surface area contributed by atoms with Crippen molar-refractivity contribution in [3.05, 3.63) is 86.6 Å². The Morgan fingerprint density at radius 2 is 1.87 bits per heavy atom. The molecule has 1 N–H and O–H groups in total. The Kier molecular flexibility index (Phi) is 6.62. The average molecular weight is 544 g/mol. The van der Waals surface area contributed by atoms with Gasteiger partial charge in [-0.15, -0.1) is 0 Å². The molecule has 39 heavy (non-hydrogen) atoms. The number of anilines is 2. The summed E-state index contributed by atoms with van der Waals surface area (Å²) in [6.07, 6.45) is 3.07. The quantitative estimate of drug-likeness (QED) is 0.378. The fourth-order valence-corrected chi connectivity index (χ4v) is 5.11. The van der Waals surface area contributed by atoms with Crippen molar-refractivity contribution in [2.24, 2.45) is 0 Å². The molecule has 0 aliphatic carbocycles. The van der Waals surface area contributed by atoms with Gasteiger partial charge in [-0.3, -0.25) is 14.5 Å². The zero-order valence-electron chi connectivity index (χ0n) is 22.1. The van der Waals surface area contributed by atoms with Crippen molar-refractivity contribution in [2.45, 2.75) is 25.9 Å². The zero-order chi connectivity index (χ0) is 28.0. The number of nitrogens with zero attached hydrogens (tertiary/aromatic N) is 6. The Bertz CT molecular complexity index is 1680. The monoisotopic (exact) mass is 543 g/mol. The fraction of sp³-hybridized carbons (Fsp3) is 0.250. The lowest BCUT2D eigenvalue weighted by Gasteiger charge is -2.28. The summed E-state index contributed by atoms with van der Waals surface area (Å²) in [6, 6.07) is 11.6. The van der Waals surface area contributed by atoms with Crippen molar-refractivity contribution in [3.8, 4) is 23.2 Å². The van der Waals surface area contributed by atoms with Gasteiger partial charge in [-0.2, -0.15) is 10.2 Å². The van der Waals surface area contributed by atoms with Gasteiger partial charge in [0.1, 0.15) is 11.7 Å². The van der Waals surface area contributed by atoms with Crippen LogP contribution in [0, 0.1) is 11.3 Å². The minimum absolute atomic E-state index is 0.0896. The number of aromatic amines is 1. The van der Waals surface area contributed by atoms with E-state index in [0.29, 0.717) is 44.9 Å². The second kappa shape index (κ2) is 9.93. The number of carbonyl (C=O) groups excluding carboxylic acids is 1. The summed E-state index contributed by atoms with van der Waals surface area (Å²) in [5, 5.41) is 9.63. The first-order valence-electron chi connectivity index (χ1n) is 12.2. The van der Waals surface area contributed by atoms with E-state index in [9.17, 15) is 14.9 Å². The Morgan fingerprint density at radius 1 is 1.15 bits per heavy atom. The second-order valence-electron chi connectivity index (χ2n) is 9.62. The highest BCUT2D eigenvalue weighted by atomic mass is 35.5. The molecule has 198 valence electrons. The lowest BCUT2D eigenvalue weighted by Crippen LogP contribution is -2.34. The number of H-pyrrole nitrogens is 1. The van der Waals surface area contributed by atoms with Gasteiger partial charge in [-0.05, 0) is 43.7 Å². The van der Waals surface area contributed by atoms with Gasteiger partial charge in [0.2, 0.25) is 11.8 Å². The van der Waals surface area contributed by atoms with Gasteiger partial charge in [0.05, 0.1) is 46.3 Å². The minimum atomic E-state index is -0.663. The van der Waals surface area contributed by atoms with Gasteiger partial charge in [-0.25, -0.2) is 4.98 Å². The lowest BCUT2D eigenvalue weighted by atomic mass is 10.0. The highest BCUT2D eigenvalue weighted by Crippen LogP contribution is 2.46. The van der Waals surface area contributed by atoms with Crippen LogP contribution in [0.4, 0.5) is 11.6 Å². The number of pyridine rings is 1. The minimum Gasteiger partial charge on any atom is -0.480 e. The third-order valence-electron chi connectivity index (χ3n) is 6.63. The number of amides is 1. The third-order valence-corrected chi connectivity index (χ3v) is 6.85. The van der Waals surface area contributed by atoms with Crippen LogP contribution in [-0.2, 0) is 0 Å². The van der Waals surface area contributed by atoms with Gasteiger partial charge in [-0.1, -0.05) is 23.7 Å². The van der Waals surface area contributed by atoms with Crippen molar-refractivity contribution in [3.63, 3.8) is 0 Å². The van der Waals surface area contributed by atoms with Crippen LogP contribution in [0.1, 0.15) is 53.1 Å². The number of aromatic nitrogens is 4. The first-order valence-corrected chi connectivity index (χ1v) is 12.6. The Hall–Kier alpha value is -4.62. The fourth-order valence-electron chi connectivity index (χ4n) is 4.95. The summed E-state index contributed by atoms with van der Waals surface area (Å²) >= 11 is 6.24. The molecule has 0 fully saturated rings. The molecule has 0 bridgehead atoms. The molecule has 5 rings (SSSR count). The van der Waals surface area contributed by atoms with Gasteiger partial charge < -0.3 is 19.2 Å². The molecule has 0 spiro atoms. The first kappa shape index (κ1) is 26.0. The van der Waals surface area contributed by atoms with E-state index < -0.39 is 11.6 Å². The van der Waals surface area contributed by atoms with Crippen LogP contribution < -0.4 is 20.1 Å². The Morgan fingerprint density at radius 3 is 2.49 bits per heavy atom. The molecular weight excluding hydrogens is 518 g/mol. The average Bonchev–Trinajstić information content (AvgIpc) is 3.44. The number of hydrogen-bond acceptors (Lipinski definition) is 7. The van der Waals surface area contributed by atoms with Crippen LogP contribution in [0.2, 0.25) is 5.02 Å². The predicted molar refractivity (Wildman–Crippen MR) is 149 cm³/mol. The maximum Gasteiger partial charge on any atom is 0.272 e. The topological polar surface area (TPSA) is 120 Å². The molecule has 1 aromatic carbocycles. The first-order chi connectivity index (χ1) is 18.7. The molecule has 0 unspecified atom stereocenters. The normalized spacial score (nSPS) is 14.5. The van der Waals surface area contributed by atoms with E-state index in [-0.39, 0.29) is 17.6 Å². The molecule has 4 heterocycles. The Balaban J connectivity index is 1.79. The highest BCUT2D eigenvalue weighted by molar-refractivity contribution is 6.30. The third kappa shape index (κ3) is 4.30. The molecule has 0 radical (unpaired) electrons.